The number of benzene rings is 1. The highest BCUT2D eigenvalue weighted by molar-refractivity contribution is 6.30. The molecule has 1 aromatic carbocycles. The molecule has 2 saturated heterocycles. The SMILES string of the molecule is Cc1cccc(CN2CC3(C2)CN(C(=O)Cc2ccc(Cl)cc2)C3)n1. The monoisotopic (exact) mass is 355 g/mol. The van der Waals surface area contributed by atoms with Crippen LogP contribution in [0.25, 0.3) is 0 Å². The Labute approximate surface area is 153 Å². The summed E-state index contributed by atoms with van der Waals surface area (Å²) < 4.78 is 0. The molecule has 0 radical (unpaired) electrons. The molecule has 2 aromatic rings. The maximum Gasteiger partial charge on any atom is 0.227 e. The van der Waals surface area contributed by atoms with E-state index in [0.717, 1.165) is 49.7 Å². The van der Waals surface area contributed by atoms with Crippen molar-refractivity contribution < 1.29 is 4.79 Å². The Balaban J connectivity index is 1.24. The average molecular weight is 356 g/mol. The van der Waals surface area contributed by atoms with Gasteiger partial charge in [-0.1, -0.05) is 29.8 Å². The third-order valence-electron chi connectivity index (χ3n) is 5.12. The second kappa shape index (κ2) is 6.43. The van der Waals surface area contributed by atoms with Gasteiger partial charge in [0.05, 0.1) is 12.1 Å². The molecule has 2 aliphatic rings. The summed E-state index contributed by atoms with van der Waals surface area (Å²) in [4.78, 5) is 21.4. The van der Waals surface area contributed by atoms with Gasteiger partial charge in [-0.25, -0.2) is 0 Å². The number of rotatable bonds is 4. The Morgan fingerprint density at radius 1 is 1.12 bits per heavy atom. The van der Waals surface area contributed by atoms with E-state index in [4.69, 9.17) is 11.6 Å². The standard InChI is InChI=1S/C20H22ClN3O/c1-15-3-2-4-18(22-15)10-23-11-20(12-23)13-24(14-20)19(25)9-16-5-7-17(21)8-6-16/h2-8H,9-14H2,1H3. The summed E-state index contributed by atoms with van der Waals surface area (Å²) in [7, 11) is 0. The number of nitrogens with zero attached hydrogens (tertiary/aromatic N) is 3. The van der Waals surface area contributed by atoms with Crippen LogP contribution < -0.4 is 0 Å². The number of carbonyl (C=O) groups is 1. The van der Waals surface area contributed by atoms with Crippen LogP contribution in [-0.2, 0) is 17.8 Å². The third kappa shape index (κ3) is 3.55. The fraction of sp³-hybridized carbons (Fsp3) is 0.400. The van der Waals surface area contributed by atoms with Crippen LogP contribution in [0.4, 0.5) is 0 Å². The lowest BCUT2D eigenvalue weighted by atomic mass is 9.72. The molecule has 4 nitrogen and oxygen atoms in total. The highest BCUT2D eigenvalue weighted by Gasteiger charge is 2.52. The average Bonchev–Trinajstić information content (AvgIpc) is 2.50. The van der Waals surface area contributed by atoms with E-state index in [0.29, 0.717) is 16.9 Å². The molecule has 1 spiro atoms. The summed E-state index contributed by atoms with van der Waals surface area (Å²) in [5.74, 6) is 0.215. The molecule has 0 atom stereocenters. The molecule has 25 heavy (non-hydrogen) atoms. The van der Waals surface area contributed by atoms with E-state index in [1.807, 2.05) is 42.2 Å². The van der Waals surface area contributed by atoms with Gasteiger partial charge in [0.15, 0.2) is 0 Å². The summed E-state index contributed by atoms with van der Waals surface area (Å²) in [5, 5.41) is 0.705. The first-order valence-corrected chi connectivity index (χ1v) is 9.06. The molecule has 130 valence electrons. The van der Waals surface area contributed by atoms with Crippen molar-refractivity contribution in [3.8, 4) is 0 Å². The largest absolute Gasteiger partial charge is 0.341 e. The van der Waals surface area contributed by atoms with Crippen molar-refractivity contribution in [2.75, 3.05) is 26.2 Å². The van der Waals surface area contributed by atoms with Crippen molar-refractivity contribution in [3.63, 3.8) is 0 Å². The van der Waals surface area contributed by atoms with Gasteiger partial charge < -0.3 is 4.90 Å². The summed E-state index contributed by atoms with van der Waals surface area (Å²) in [6.07, 6.45) is 0.462. The van der Waals surface area contributed by atoms with E-state index in [1.165, 1.54) is 0 Å². The van der Waals surface area contributed by atoms with Crippen LogP contribution in [0, 0.1) is 12.3 Å². The molecule has 4 rings (SSSR count). The van der Waals surface area contributed by atoms with E-state index in [2.05, 4.69) is 22.0 Å². The van der Waals surface area contributed by atoms with E-state index < -0.39 is 0 Å². The lowest BCUT2D eigenvalue weighted by Crippen LogP contribution is -2.72. The number of carbonyl (C=O) groups excluding carboxylic acids is 1. The molecule has 1 amide bonds. The van der Waals surface area contributed by atoms with Crippen LogP contribution in [0.5, 0.6) is 0 Å². The van der Waals surface area contributed by atoms with Gasteiger partial charge in [0.1, 0.15) is 0 Å². The molecule has 0 N–H and O–H groups in total. The number of amides is 1. The molecule has 1 aromatic heterocycles. The van der Waals surface area contributed by atoms with Gasteiger partial charge in [-0.3, -0.25) is 14.7 Å². The molecular formula is C20H22ClN3O. The Kier molecular flexibility index (Phi) is 4.26. The molecule has 0 unspecified atom stereocenters. The summed E-state index contributed by atoms with van der Waals surface area (Å²) in [6.45, 7) is 6.83. The predicted molar refractivity (Wildman–Crippen MR) is 98.4 cm³/mol. The number of halogens is 1. The second-order valence-corrected chi connectivity index (χ2v) is 7.90. The van der Waals surface area contributed by atoms with Crippen LogP contribution in [0.15, 0.2) is 42.5 Å². The molecule has 2 aliphatic heterocycles. The van der Waals surface area contributed by atoms with E-state index >= 15 is 0 Å². The summed E-state index contributed by atoms with van der Waals surface area (Å²) in [6, 6.07) is 13.7. The Morgan fingerprint density at radius 3 is 2.52 bits per heavy atom. The maximum atomic E-state index is 12.4. The van der Waals surface area contributed by atoms with Crippen molar-refractivity contribution in [1.29, 1.82) is 0 Å². The molecule has 5 heteroatoms. The summed E-state index contributed by atoms with van der Waals surface area (Å²) in [5.41, 5.74) is 3.54. The van der Waals surface area contributed by atoms with Crippen LogP contribution in [0.3, 0.4) is 0 Å². The van der Waals surface area contributed by atoms with E-state index in [9.17, 15) is 4.79 Å². The first-order valence-electron chi connectivity index (χ1n) is 8.69. The topological polar surface area (TPSA) is 36.4 Å². The van der Waals surface area contributed by atoms with Gasteiger partial charge >= 0.3 is 0 Å². The van der Waals surface area contributed by atoms with Crippen LogP contribution >= 0.6 is 11.6 Å². The first-order chi connectivity index (χ1) is 12.0. The van der Waals surface area contributed by atoms with Crippen molar-refractivity contribution in [2.24, 2.45) is 5.41 Å². The highest BCUT2D eigenvalue weighted by atomic mass is 35.5. The maximum absolute atomic E-state index is 12.4. The van der Waals surface area contributed by atoms with E-state index in [1.54, 1.807) is 0 Å². The zero-order valence-corrected chi connectivity index (χ0v) is 15.2. The van der Waals surface area contributed by atoms with Crippen molar-refractivity contribution in [2.45, 2.75) is 19.9 Å². The minimum atomic E-state index is 0.215. The lowest BCUT2D eigenvalue weighted by Gasteiger charge is -2.60. The number of pyridine rings is 1. The number of likely N-dealkylation sites (tertiary alicyclic amines) is 2. The quantitative estimate of drug-likeness (QED) is 0.846. The predicted octanol–water partition coefficient (Wildman–Crippen LogP) is 2.93. The molecular weight excluding hydrogens is 334 g/mol. The first kappa shape index (κ1) is 16.6. The molecule has 0 aliphatic carbocycles. The van der Waals surface area contributed by atoms with Crippen LogP contribution in [0.2, 0.25) is 5.02 Å². The highest BCUT2D eigenvalue weighted by Crippen LogP contribution is 2.40. The van der Waals surface area contributed by atoms with Gasteiger partial charge in [-0.05, 0) is 36.8 Å². The van der Waals surface area contributed by atoms with Gasteiger partial charge in [-0.15, -0.1) is 0 Å². The molecule has 2 fully saturated rings. The van der Waals surface area contributed by atoms with E-state index in [-0.39, 0.29) is 5.91 Å². The number of aromatic nitrogens is 1. The van der Waals surface area contributed by atoms with Gasteiger partial charge in [-0.2, -0.15) is 0 Å². The zero-order valence-electron chi connectivity index (χ0n) is 14.4. The summed E-state index contributed by atoms with van der Waals surface area (Å²) >= 11 is 5.89. The minimum Gasteiger partial charge on any atom is -0.341 e. The van der Waals surface area contributed by atoms with Crippen molar-refractivity contribution in [3.05, 3.63) is 64.4 Å². The Morgan fingerprint density at radius 2 is 1.84 bits per heavy atom. The van der Waals surface area contributed by atoms with Crippen LogP contribution in [0.1, 0.15) is 17.0 Å². The minimum absolute atomic E-state index is 0.215. The van der Waals surface area contributed by atoms with Crippen molar-refractivity contribution in [1.82, 2.24) is 14.8 Å². The number of hydrogen-bond donors (Lipinski definition) is 0. The van der Waals surface area contributed by atoms with Gasteiger partial charge in [0, 0.05) is 48.9 Å². The lowest BCUT2D eigenvalue weighted by molar-refractivity contribution is -0.159. The normalized spacial score (nSPS) is 18.7. The molecule has 3 heterocycles. The fourth-order valence-electron chi connectivity index (χ4n) is 3.96. The Bertz CT molecular complexity index is 776. The number of aryl methyl sites for hydroxylation is 1. The fourth-order valence-corrected chi connectivity index (χ4v) is 4.09. The van der Waals surface area contributed by atoms with Crippen LogP contribution in [-0.4, -0.2) is 46.9 Å². The van der Waals surface area contributed by atoms with Gasteiger partial charge in [0.25, 0.3) is 0 Å². The smallest absolute Gasteiger partial charge is 0.227 e. The van der Waals surface area contributed by atoms with Gasteiger partial charge in [0.2, 0.25) is 5.91 Å². The molecule has 0 bridgehead atoms. The Hall–Kier alpha value is -1.91. The zero-order chi connectivity index (χ0) is 17.4. The molecule has 0 saturated carbocycles. The van der Waals surface area contributed by atoms with Crippen molar-refractivity contribution >= 4 is 17.5 Å². The third-order valence-corrected chi connectivity index (χ3v) is 5.38. The second-order valence-electron chi connectivity index (χ2n) is 7.47. The number of hydrogen-bond acceptors (Lipinski definition) is 3.